The summed E-state index contributed by atoms with van der Waals surface area (Å²) in [5.74, 6) is 1.47. The van der Waals surface area contributed by atoms with E-state index in [-0.39, 0.29) is 0 Å². The maximum absolute atomic E-state index is 5.06. The summed E-state index contributed by atoms with van der Waals surface area (Å²) in [6.45, 7) is 7.69. The van der Waals surface area contributed by atoms with E-state index in [2.05, 4.69) is 30.5 Å². The van der Waals surface area contributed by atoms with Crippen LogP contribution < -0.4 is 10.1 Å². The molecule has 0 amide bonds. The molecule has 1 N–H and O–H groups in total. The van der Waals surface area contributed by atoms with Crippen LogP contribution in [0.3, 0.4) is 0 Å². The topological polar surface area (TPSA) is 34.1 Å². The number of aromatic nitrogens is 1. The van der Waals surface area contributed by atoms with Crippen LogP contribution in [0.1, 0.15) is 38.1 Å². The Morgan fingerprint density at radius 3 is 2.73 bits per heavy atom. The van der Waals surface area contributed by atoms with E-state index >= 15 is 0 Å². The number of rotatable bonds is 6. The van der Waals surface area contributed by atoms with Crippen molar-refractivity contribution in [3.63, 3.8) is 0 Å². The second-order valence-corrected chi connectivity index (χ2v) is 4.97. The predicted molar refractivity (Wildman–Crippen MR) is 64.5 cm³/mol. The summed E-state index contributed by atoms with van der Waals surface area (Å²) in [6, 6.07) is 2.36. The minimum absolute atomic E-state index is 0.366. The van der Waals surface area contributed by atoms with Crippen LogP contribution in [0.4, 0.5) is 0 Å². The monoisotopic (exact) mass is 228 g/mol. The van der Waals surface area contributed by atoms with Crippen molar-refractivity contribution in [1.29, 1.82) is 0 Å². The van der Waals surface area contributed by atoms with Crippen LogP contribution in [0, 0.1) is 5.92 Å². The van der Waals surface area contributed by atoms with E-state index in [4.69, 9.17) is 4.74 Å². The van der Waals surface area contributed by atoms with Crippen LogP contribution >= 0.6 is 11.5 Å². The lowest BCUT2D eigenvalue weighted by molar-refractivity contribution is 0.402. The zero-order chi connectivity index (χ0) is 11.3. The van der Waals surface area contributed by atoms with E-state index in [1.165, 1.54) is 22.8 Å². The quantitative estimate of drug-likeness (QED) is 0.813. The summed E-state index contributed by atoms with van der Waals surface area (Å²) in [5.41, 5.74) is 0. The number of hydrogen-bond donors (Lipinski definition) is 1. The molecule has 0 aliphatic rings. The van der Waals surface area contributed by atoms with Gasteiger partial charge in [0.15, 0.2) is 0 Å². The summed E-state index contributed by atoms with van der Waals surface area (Å²) in [7, 11) is 1.65. The van der Waals surface area contributed by atoms with Crippen LogP contribution in [0.25, 0.3) is 0 Å². The van der Waals surface area contributed by atoms with Crippen LogP contribution in [-0.4, -0.2) is 18.0 Å². The highest BCUT2D eigenvalue weighted by atomic mass is 32.1. The van der Waals surface area contributed by atoms with E-state index in [0.717, 1.165) is 12.5 Å². The zero-order valence-electron chi connectivity index (χ0n) is 9.91. The van der Waals surface area contributed by atoms with Gasteiger partial charge in [-0.2, -0.15) is 4.37 Å². The van der Waals surface area contributed by atoms with Crippen LogP contribution in [0.2, 0.25) is 0 Å². The standard InChI is InChI=1S/C11H20N2OS/c1-8(2)5-6-12-9(3)10-7-11(14-4)13-15-10/h7-9,12H,5-6H2,1-4H3. The van der Waals surface area contributed by atoms with Gasteiger partial charge in [0.25, 0.3) is 0 Å². The number of hydrogen-bond acceptors (Lipinski definition) is 4. The molecule has 0 saturated heterocycles. The molecule has 0 bridgehead atoms. The molecule has 86 valence electrons. The molecule has 3 nitrogen and oxygen atoms in total. The Hall–Kier alpha value is -0.610. The number of methoxy groups -OCH3 is 1. The molecule has 0 saturated carbocycles. The smallest absolute Gasteiger partial charge is 0.225 e. The Kier molecular flexibility index (Phi) is 5.05. The van der Waals surface area contributed by atoms with Crippen molar-refractivity contribution in [3.8, 4) is 5.88 Å². The van der Waals surface area contributed by atoms with Gasteiger partial charge in [-0.05, 0) is 37.3 Å². The van der Waals surface area contributed by atoms with E-state index in [0.29, 0.717) is 11.9 Å². The predicted octanol–water partition coefficient (Wildman–Crippen LogP) is 2.85. The molecule has 0 fully saturated rings. The van der Waals surface area contributed by atoms with Crippen molar-refractivity contribution >= 4 is 11.5 Å². The van der Waals surface area contributed by atoms with Gasteiger partial charge in [0.1, 0.15) is 0 Å². The first kappa shape index (κ1) is 12.5. The average Bonchev–Trinajstić information content (AvgIpc) is 2.65. The highest BCUT2D eigenvalue weighted by Crippen LogP contribution is 2.22. The van der Waals surface area contributed by atoms with Crippen LogP contribution in [0.5, 0.6) is 5.88 Å². The van der Waals surface area contributed by atoms with Crippen molar-refractivity contribution in [2.45, 2.75) is 33.2 Å². The van der Waals surface area contributed by atoms with Gasteiger partial charge in [-0.25, -0.2) is 0 Å². The SMILES string of the molecule is COc1cc(C(C)NCCC(C)C)sn1. The molecule has 0 radical (unpaired) electrons. The highest BCUT2D eigenvalue weighted by Gasteiger charge is 2.09. The van der Waals surface area contributed by atoms with Gasteiger partial charge in [0.05, 0.1) is 7.11 Å². The van der Waals surface area contributed by atoms with Crippen molar-refractivity contribution in [2.75, 3.05) is 13.7 Å². The molecule has 1 aromatic rings. The molecular formula is C11H20N2OS. The van der Waals surface area contributed by atoms with Gasteiger partial charge >= 0.3 is 0 Å². The van der Waals surface area contributed by atoms with Crippen molar-refractivity contribution < 1.29 is 4.74 Å². The lowest BCUT2D eigenvalue weighted by Crippen LogP contribution is -2.20. The Labute approximate surface area is 96.0 Å². The van der Waals surface area contributed by atoms with E-state index < -0.39 is 0 Å². The van der Waals surface area contributed by atoms with Crippen molar-refractivity contribution in [3.05, 3.63) is 10.9 Å². The lowest BCUT2D eigenvalue weighted by Gasteiger charge is -2.12. The molecule has 1 unspecified atom stereocenters. The van der Waals surface area contributed by atoms with Crippen LogP contribution in [0.15, 0.2) is 6.07 Å². The van der Waals surface area contributed by atoms with Gasteiger partial charge in [-0.3, -0.25) is 0 Å². The molecule has 0 aliphatic heterocycles. The molecule has 0 aliphatic carbocycles. The fraction of sp³-hybridized carbons (Fsp3) is 0.727. The van der Waals surface area contributed by atoms with E-state index in [9.17, 15) is 0 Å². The second kappa shape index (κ2) is 6.08. The van der Waals surface area contributed by atoms with Gasteiger partial charge in [0, 0.05) is 17.0 Å². The van der Waals surface area contributed by atoms with E-state index in [1.807, 2.05) is 6.07 Å². The molecular weight excluding hydrogens is 208 g/mol. The first-order valence-electron chi connectivity index (χ1n) is 5.37. The Balaban J connectivity index is 2.36. The molecule has 1 heterocycles. The maximum atomic E-state index is 5.06. The van der Waals surface area contributed by atoms with Gasteiger partial charge in [0.2, 0.25) is 5.88 Å². The van der Waals surface area contributed by atoms with Crippen molar-refractivity contribution in [1.82, 2.24) is 9.69 Å². The normalized spacial score (nSPS) is 13.1. The third kappa shape index (κ3) is 4.18. The summed E-state index contributed by atoms with van der Waals surface area (Å²) < 4.78 is 9.24. The molecule has 0 spiro atoms. The van der Waals surface area contributed by atoms with E-state index in [1.54, 1.807) is 7.11 Å². The first-order valence-corrected chi connectivity index (χ1v) is 6.14. The summed E-state index contributed by atoms with van der Waals surface area (Å²) in [6.07, 6.45) is 1.21. The Bertz CT molecular complexity index is 286. The third-order valence-corrected chi connectivity index (χ3v) is 3.27. The third-order valence-electron chi connectivity index (χ3n) is 2.31. The molecule has 1 atom stereocenters. The Morgan fingerprint density at radius 1 is 1.47 bits per heavy atom. The Morgan fingerprint density at radius 2 is 2.20 bits per heavy atom. The van der Waals surface area contributed by atoms with Gasteiger partial charge < -0.3 is 10.1 Å². The fourth-order valence-corrected chi connectivity index (χ4v) is 1.98. The minimum Gasteiger partial charge on any atom is -0.480 e. The first-order chi connectivity index (χ1) is 7.13. The zero-order valence-corrected chi connectivity index (χ0v) is 10.7. The summed E-state index contributed by atoms with van der Waals surface area (Å²) in [5, 5.41) is 3.48. The van der Waals surface area contributed by atoms with Crippen molar-refractivity contribution in [2.24, 2.45) is 5.92 Å². The van der Waals surface area contributed by atoms with Crippen LogP contribution in [-0.2, 0) is 0 Å². The minimum atomic E-state index is 0.366. The molecule has 15 heavy (non-hydrogen) atoms. The summed E-state index contributed by atoms with van der Waals surface area (Å²) in [4.78, 5) is 1.23. The van der Waals surface area contributed by atoms with Gasteiger partial charge in [-0.1, -0.05) is 13.8 Å². The average molecular weight is 228 g/mol. The summed E-state index contributed by atoms with van der Waals surface area (Å²) >= 11 is 1.50. The number of ether oxygens (including phenoxy) is 1. The second-order valence-electron chi connectivity index (χ2n) is 4.13. The molecule has 0 aromatic carbocycles. The lowest BCUT2D eigenvalue weighted by atomic mass is 10.1. The molecule has 4 heteroatoms. The van der Waals surface area contributed by atoms with Gasteiger partial charge in [-0.15, -0.1) is 0 Å². The molecule has 1 aromatic heterocycles. The molecule has 1 rings (SSSR count). The highest BCUT2D eigenvalue weighted by molar-refractivity contribution is 7.06. The number of nitrogens with one attached hydrogen (secondary N) is 1. The number of nitrogens with zero attached hydrogens (tertiary/aromatic N) is 1. The fourth-order valence-electron chi connectivity index (χ4n) is 1.26. The maximum Gasteiger partial charge on any atom is 0.225 e. The largest absolute Gasteiger partial charge is 0.480 e.